The molecule has 1 unspecified atom stereocenters. The SMILES string of the molecule is CCCOc1cccnc1N(CC1CCCN1)C(C)C. The zero-order chi connectivity index (χ0) is 14.4. The number of nitrogens with one attached hydrogen (secondary N) is 1. The minimum absolute atomic E-state index is 0.413. The van der Waals surface area contributed by atoms with E-state index in [-0.39, 0.29) is 0 Å². The van der Waals surface area contributed by atoms with Gasteiger partial charge in [0.2, 0.25) is 0 Å². The van der Waals surface area contributed by atoms with Gasteiger partial charge in [0.05, 0.1) is 6.61 Å². The molecule has 1 aromatic heterocycles. The van der Waals surface area contributed by atoms with Gasteiger partial charge in [-0.1, -0.05) is 6.92 Å². The number of hydrogen-bond acceptors (Lipinski definition) is 4. The number of anilines is 1. The molecule has 1 saturated heterocycles. The number of aromatic nitrogens is 1. The molecule has 0 spiro atoms. The van der Waals surface area contributed by atoms with Gasteiger partial charge in [-0.25, -0.2) is 4.98 Å². The Bertz CT molecular complexity index is 402. The molecule has 0 amide bonds. The quantitative estimate of drug-likeness (QED) is 0.831. The normalized spacial score (nSPS) is 18.5. The smallest absolute Gasteiger partial charge is 0.171 e. The Kier molecular flexibility index (Phi) is 5.65. The van der Waals surface area contributed by atoms with Crippen LogP contribution in [0.4, 0.5) is 5.82 Å². The second kappa shape index (κ2) is 7.48. The Morgan fingerprint density at radius 3 is 3.00 bits per heavy atom. The highest BCUT2D eigenvalue weighted by molar-refractivity contribution is 5.52. The summed E-state index contributed by atoms with van der Waals surface area (Å²) in [6.07, 6.45) is 5.39. The summed E-state index contributed by atoms with van der Waals surface area (Å²) in [5, 5.41) is 3.56. The van der Waals surface area contributed by atoms with Crippen molar-refractivity contribution in [2.75, 3.05) is 24.6 Å². The maximum atomic E-state index is 5.86. The Morgan fingerprint density at radius 2 is 2.35 bits per heavy atom. The molecular weight excluding hydrogens is 250 g/mol. The van der Waals surface area contributed by atoms with Crippen LogP contribution < -0.4 is 15.0 Å². The summed E-state index contributed by atoms with van der Waals surface area (Å²) in [6.45, 7) is 9.43. The maximum Gasteiger partial charge on any atom is 0.171 e. The van der Waals surface area contributed by atoms with Gasteiger partial charge in [0.1, 0.15) is 0 Å². The monoisotopic (exact) mass is 277 g/mol. The molecule has 2 heterocycles. The number of hydrogen-bond donors (Lipinski definition) is 1. The van der Waals surface area contributed by atoms with Crippen molar-refractivity contribution in [2.24, 2.45) is 0 Å². The molecule has 4 heteroatoms. The van der Waals surface area contributed by atoms with Gasteiger partial charge in [0.15, 0.2) is 11.6 Å². The molecule has 112 valence electrons. The van der Waals surface area contributed by atoms with Crippen LogP contribution in [0.1, 0.15) is 40.0 Å². The lowest BCUT2D eigenvalue weighted by molar-refractivity contribution is 0.315. The first-order valence-corrected chi connectivity index (χ1v) is 7.80. The topological polar surface area (TPSA) is 37.4 Å². The van der Waals surface area contributed by atoms with Gasteiger partial charge in [-0.2, -0.15) is 0 Å². The molecule has 4 nitrogen and oxygen atoms in total. The fourth-order valence-corrected chi connectivity index (χ4v) is 2.61. The van der Waals surface area contributed by atoms with E-state index in [9.17, 15) is 0 Å². The largest absolute Gasteiger partial charge is 0.490 e. The van der Waals surface area contributed by atoms with E-state index in [2.05, 4.69) is 36.0 Å². The van der Waals surface area contributed by atoms with Crippen LogP contribution in [0.5, 0.6) is 5.75 Å². The molecule has 0 aliphatic carbocycles. The van der Waals surface area contributed by atoms with Gasteiger partial charge in [-0.15, -0.1) is 0 Å². The molecule has 1 aromatic rings. The zero-order valence-corrected chi connectivity index (χ0v) is 12.9. The minimum Gasteiger partial charge on any atom is -0.490 e. The molecule has 20 heavy (non-hydrogen) atoms. The Balaban J connectivity index is 2.14. The van der Waals surface area contributed by atoms with E-state index in [0.29, 0.717) is 12.1 Å². The first-order chi connectivity index (χ1) is 9.72. The molecule has 0 saturated carbocycles. The average Bonchev–Trinajstić information content (AvgIpc) is 2.96. The molecule has 1 N–H and O–H groups in total. The minimum atomic E-state index is 0.413. The van der Waals surface area contributed by atoms with Crippen molar-refractivity contribution in [3.8, 4) is 5.75 Å². The summed E-state index contributed by atoms with van der Waals surface area (Å²) in [6, 6.07) is 4.95. The summed E-state index contributed by atoms with van der Waals surface area (Å²) in [5.74, 6) is 1.88. The number of rotatable bonds is 7. The molecule has 2 rings (SSSR count). The predicted molar refractivity (Wildman–Crippen MR) is 83.5 cm³/mol. The predicted octanol–water partition coefficient (Wildman–Crippen LogP) is 2.84. The van der Waals surface area contributed by atoms with Gasteiger partial charge in [-0.05, 0) is 51.8 Å². The highest BCUT2D eigenvalue weighted by atomic mass is 16.5. The lowest BCUT2D eigenvalue weighted by atomic mass is 10.2. The molecule has 0 aromatic carbocycles. The average molecular weight is 277 g/mol. The fourth-order valence-electron chi connectivity index (χ4n) is 2.61. The van der Waals surface area contributed by atoms with Crippen LogP contribution in [-0.2, 0) is 0 Å². The first-order valence-electron chi connectivity index (χ1n) is 7.80. The Hall–Kier alpha value is -1.29. The Labute approximate surface area is 122 Å². The van der Waals surface area contributed by atoms with E-state index in [1.54, 1.807) is 0 Å². The third-order valence-electron chi connectivity index (χ3n) is 3.69. The summed E-state index contributed by atoms with van der Waals surface area (Å²) in [4.78, 5) is 6.92. The fraction of sp³-hybridized carbons (Fsp3) is 0.688. The standard InChI is InChI=1S/C16H27N3O/c1-4-11-20-15-8-6-10-18-16(15)19(13(2)3)12-14-7-5-9-17-14/h6,8,10,13-14,17H,4-5,7,9,11-12H2,1-3H3. The summed E-state index contributed by atoms with van der Waals surface area (Å²) < 4.78 is 5.86. The van der Waals surface area contributed by atoms with Crippen LogP contribution in [0.2, 0.25) is 0 Å². The molecule has 1 aliphatic heterocycles. The van der Waals surface area contributed by atoms with Crippen LogP contribution in [0.25, 0.3) is 0 Å². The van der Waals surface area contributed by atoms with Gasteiger partial charge in [-0.3, -0.25) is 0 Å². The van der Waals surface area contributed by atoms with Gasteiger partial charge < -0.3 is 15.0 Å². The lowest BCUT2D eigenvalue weighted by Gasteiger charge is -2.31. The van der Waals surface area contributed by atoms with Crippen molar-refractivity contribution in [1.82, 2.24) is 10.3 Å². The number of nitrogens with zero attached hydrogens (tertiary/aromatic N) is 2. The van der Waals surface area contributed by atoms with Crippen LogP contribution >= 0.6 is 0 Å². The van der Waals surface area contributed by atoms with Crippen molar-refractivity contribution < 1.29 is 4.74 Å². The van der Waals surface area contributed by atoms with Crippen molar-refractivity contribution in [3.63, 3.8) is 0 Å². The number of pyridine rings is 1. The maximum absolute atomic E-state index is 5.86. The summed E-state index contributed by atoms with van der Waals surface area (Å²) in [7, 11) is 0. The molecule has 0 bridgehead atoms. The Morgan fingerprint density at radius 1 is 1.50 bits per heavy atom. The second-order valence-corrected chi connectivity index (χ2v) is 5.71. The number of ether oxygens (including phenoxy) is 1. The van der Waals surface area contributed by atoms with Crippen molar-refractivity contribution in [1.29, 1.82) is 0 Å². The zero-order valence-electron chi connectivity index (χ0n) is 12.9. The lowest BCUT2D eigenvalue weighted by Crippen LogP contribution is -2.42. The van der Waals surface area contributed by atoms with E-state index < -0.39 is 0 Å². The second-order valence-electron chi connectivity index (χ2n) is 5.71. The summed E-state index contributed by atoms with van der Waals surface area (Å²) >= 11 is 0. The van der Waals surface area contributed by atoms with E-state index in [0.717, 1.165) is 37.7 Å². The van der Waals surface area contributed by atoms with E-state index in [1.165, 1.54) is 12.8 Å². The third-order valence-corrected chi connectivity index (χ3v) is 3.69. The van der Waals surface area contributed by atoms with Crippen molar-refractivity contribution >= 4 is 5.82 Å². The van der Waals surface area contributed by atoms with Crippen LogP contribution in [0, 0.1) is 0 Å². The summed E-state index contributed by atoms with van der Waals surface area (Å²) in [5.41, 5.74) is 0. The highest BCUT2D eigenvalue weighted by Crippen LogP contribution is 2.27. The van der Waals surface area contributed by atoms with E-state index in [1.807, 2.05) is 18.3 Å². The van der Waals surface area contributed by atoms with E-state index in [4.69, 9.17) is 4.74 Å². The van der Waals surface area contributed by atoms with Crippen LogP contribution in [0.3, 0.4) is 0 Å². The van der Waals surface area contributed by atoms with Gasteiger partial charge >= 0.3 is 0 Å². The molecule has 1 atom stereocenters. The van der Waals surface area contributed by atoms with Crippen molar-refractivity contribution in [3.05, 3.63) is 18.3 Å². The van der Waals surface area contributed by atoms with E-state index >= 15 is 0 Å². The third kappa shape index (κ3) is 3.85. The highest BCUT2D eigenvalue weighted by Gasteiger charge is 2.23. The first kappa shape index (κ1) is 15.1. The van der Waals surface area contributed by atoms with Gasteiger partial charge in [0, 0.05) is 24.8 Å². The molecular formula is C16H27N3O. The van der Waals surface area contributed by atoms with Crippen LogP contribution in [0.15, 0.2) is 18.3 Å². The van der Waals surface area contributed by atoms with Crippen LogP contribution in [-0.4, -0.2) is 36.8 Å². The van der Waals surface area contributed by atoms with Gasteiger partial charge in [0.25, 0.3) is 0 Å². The molecule has 0 radical (unpaired) electrons. The van der Waals surface area contributed by atoms with Crippen molar-refractivity contribution in [2.45, 2.75) is 52.1 Å². The molecule has 1 aliphatic rings. The molecule has 1 fully saturated rings.